The Hall–Kier alpha value is -1.06. The average molecular weight is 240 g/mol. The molecule has 1 rings (SSSR count). The highest BCUT2D eigenvalue weighted by molar-refractivity contribution is 6.35. The molecule has 17 heavy (non-hydrogen) atoms. The van der Waals surface area contributed by atoms with Gasteiger partial charge < -0.3 is 10.6 Å². The molecule has 0 radical (unpaired) electrons. The molecule has 0 aromatic heterocycles. The molecule has 1 saturated carbocycles. The third-order valence-electron chi connectivity index (χ3n) is 3.62. The average Bonchev–Trinajstić information content (AvgIpc) is 2.31. The van der Waals surface area contributed by atoms with Gasteiger partial charge in [-0.3, -0.25) is 9.59 Å². The van der Waals surface area contributed by atoms with Crippen LogP contribution in [0, 0.1) is 5.92 Å². The quantitative estimate of drug-likeness (QED) is 0.736. The Balaban J connectivity index is 2.39. The van der Waals surface area contributed by atoms with Crippen molar-refractivity contribution in [3.05, 3.63) is 0 Å². The molecule has 1 fully saturated rings. The summed E-state index contributed by atoms with van der Waals surface area (Å²) in [7, 11) is 0. The van der Waals surface area contributed by atoms with Gasteiger partial charge in [-0.2, -0.15) is 0 Å². The second-order valence-electron chi connectivity index (χ2n) is 5.12. The fraction of sp³-hybridized carbons (Fsp3) is 0.846. The molecule has 3 unspecified atom stereocenters. The van der Waals surface area contributed by atoms with E-state index in [1.807, 2.05) is 13.8 Å². The minimum atomic E-state index is -0.503. The van der Waals surface area contributed by atoms with Crippen molar-refractivity contribution in [1.82, 2.24) is 10.6 Å². The van der Waals surface area contributed by atoms with E-state index in [0.29, 0.717) is 5.92 Å². The standard InChI is InChI=1S/C13H24N2O2/c1-4-10(3)14-12(16)13(17)15-11-8-6-5-7-9(11)2/h9-11H,4-8H2,1-3H3,(H,14,16)(H,15,17). The second-order valence-corrected chi connectivity index (χ2v) is 5.12. The van der Waals surface area contributed by atoms with Crippen LogP contribution in [-0.2, 0) is 9.59 Å². The Kier molecular flexibility index (Phi) is 5.45. The third kappa shape index (κ3) is 4.36. The summed E-state index contributed by atoms with van der Waals surface area (Å²) in [5.74, 6) is -0.509. The van der Waals surface area contributed by atoms with Gasteiger partial charge in [0.05, 0.1) is 0 Å². The van der Waals surface area contributed by atoms with Crippen LogP contribution in [0.4, 0.5) is 0 Å². The molecule has 4 heteroatoms. The largest absolute Gasteiger partial charge is 0.345 e. The van der Waals surface area contributed by atoms with Crippen molar-refractivity contribution >= 4 is 11.8 Å². The Morgan fingerprint density at radius 1 is 1.24 bits per heavy atom. The molecule has 0 aromatic carbocycles. The van der Waals surface area contributed by atoms with Gasteiger partial charge in [-0.05, 0) is 32.1 Å². The third-order valence-corrected chi connectivity index (χ3v) is 3.62. The lowest BCUT2D eigenvalue weighted by Gasteiger charge is -2.29. The molecule has 0 aromatic rings. The summed E-state index contributed by atoms with van der Waals surface area (Å²) >= 11 is 0. The summed E-state index contributed by atoms with van der Waals surface area (Å²) in [5.41, 5.74) is 0. The van der Waals surface area contributed by atoms with E-state index in [1.165, 1.54) is 6.42 Å². The zero-order valence-corrected chi connectivity index (χ0v) is 11.1. The summed E-state index contributed by atoms with van der Waals surface area (Å²) in [6, 6.07) is 0.218. The minimum Gasteiger partial charge on any atom is -0.345 e. The lowest BCUT2D eigenvalue weighted by molar-refractivity contribution is -0.140. The summed E-state index contributed by atoms with van der Waals surface area (Å²) in [6.07, 6.45) is 5.33. The zero-order valence-electron chi connectivity index (χ0n) is 11.1. The van der Waals surface area contributed by atoms with Crippen LogP contribution in [0.3, 0.4) is 0 Å². The predicted octanol–water partition coefficient (Wildman–Crippen LogP) is 1.60. The lowest BCUT2D eigenvalue weighted by Crippen LogP contribution is -2.49. The van der Waals surface area contributed by atoms with Gasteiger partial charge in [-0.25, -0.2) is 0 Å². The second kappa shape index (κ2) is 6.62. The number of carbonyl (C=O) groups is 2. The van der Waals surface area contributed by atoms with Crippen molar-refractivity contribution in [2.45, 2.75) is 65.0 Å². The first-order valence-electron chi connectivity index (χ1n) is 6.66. The minimum absolute atomic E-state index is 0.0528. The molecule has 0 heterocycles. The van der Waals surface area contributed by atoms with Crippen LogP contribution >= 0.6 is 0 Å². The van der Waals surface area contributed by atoms with Gasteiger partial charge in [0.1, 0.15) is 0 Å². The molecule has 0 spiro atoms. The van der Waals surface area contributed by atoms with Crippen molar-refractivity contribution in [2.75, 3.05) is 0 Å². The first-order chi connectivity index (χ1) is 8.04. The first kappa shape index (κ1) is 14.0. The number of rotatable bonds is 3. The van der Waals surface area contributed by atoms with Crippen molar-refractivity contribution in [3.63, 3.8) is 0 Å². The van der Waals surface area contributed by atoms with Crippen LogP contribution < -0.4 is 10.6 Å². The van der Waals surface area contributed by atoms with Gasteiger partial charge in [0.15, 0.2) is 0 Å². The van der Waals surface area contributed by atoms with E-state index in [0.717, 1.165) is 25.7 Å². The fourth-order valence-corrected chi connectivity index (χ4v) is 2.16. The smallest absolute Gasteiger partial charge is 0.309 e. The van der Waals surface area contributed by atoms with Crippen LogP contribution in [0.15, 0.2) is 0 Å². The van der Waals surface area contributed by atoms with E-state index < -0.39 is 11.8 Å². The maximum atomic E-state index is 11.7. The van der Waals surface area contributed by atoms with Gasteiger partial charge >= 0.3 is 11.8 Å². The molecule has 1 aliphatic rings. The fourth-order valence-electron chi connectivity index (χ4n) is 2.16. The van der Waals surface area contributed by atoms with Crippen LogP contribution in [0.1, 0.15) is 52.9 Å². The molecular formula is C13H24N2O2. The van der Waals surface area contributed by atoms with E-state index in [2.05, 4.69) is 17.6 Å². The number of hydrogen-bond donors (Lipinski definition) is 2. The summed E-state index contributed by atoms with van der Waals surface area (Å²) < 4.78 is 0. The highest BCUT2D eigenvalue weighted by Gasteiger charge is 2.25. The monoisotopic (exact) mass is 240 g/mol. The Labute approximate surface area is 104 Å². The molecule has 2 N–H and O–H groups in total. The van der Waals surface area contributed by atoms with Crippen LogP contribution in [-0.4, -0.2) is 23.9 Å². The first-order valence-corrected chi connectivity index (χ1v) is 6.66. The molecule has 3 atom stereocenters. The number of nitrogens with one attached hydrogen (secondary N) is 2. The van der Waals surface area contributed by atoms with Gasteiger partial charge in [0, 0.05) is 12.1 Å². The highest BCUT2D eigenvalue weighted by atomic mass is 16.2. The Morgan fingerprint density at radius 2 is 1.88 bits per heavy atom. The summed E-state index contributed by atoms with van der Waals surface area (Å²) in [5, 5.41) is 5.53. The van der Waals surface area contributed by atoms with Gasteiger partial charge in [-0.15, -0.1) is 0 Å². The topological polar surface area (TPSA) is 58.2 Å². The highest BCUT2D eigenvalue weighted by Crippen LogP contribution is 2.23. The Bertz CT molecular complexity index is 279. The van der Waals surface area contributed by atoms with E-state index in [1.54, 1.807) is 0 Å². The van der Waals surface area contributed by atoms with E-state index in [-0.39, 0.29) is 12.1 Å². The number of hydrogen-bond acceptors (Lipinski definition) is 2. The summed E-state index contributed by atoms with van der Waals surface area (Å²) in [6.45, 7) is 6.01. The van der Waals surface area contributed by atoms with Crippen molar-refractivity contribution in [1.29, 1.82) is 0 Å². The molecule has 0 aliphatic heterocycles. The SMILES string of the molecule is CCC(C)NC(=O)C(=O)NC1CCCCC1C. The van der Waals surface area contributed by atoms with Crippen molar-refractivity contribution in [2.24, 2.45) is 5.92 Å². The molecule has 98 valence electrons. The normalized spacial score (nSPS) is 26.1. The molecule has 0 bridgehead atoms. The lowest BCUT2D eigenvalue weighted by atomic mass is 9.86. The molecular weight excluding hydrogens is 216 g/mol. The summed E-state index contributed by atoms with van der Waals surface area (Å²) in [4.78, 5) is 23.3. The maximum Gasteiger partial charge on any atom is 0.309 e. The van der Waals surface area contributed by atoms with Crippen LogP contribution in [0.5, 0.6) is 0 Å². The number of amides is 2. The van der Waals surface area contributed by atoms with Gasteiger partial charge in [0.25, 0.3) is 0 Å². The molecule has 0 saturated heterocycles. The van der Waals surface area contributed by atoms with Crippen molar-refractivity contribution in [3.8, 4) is 0 Å². The molecule has 1 aliphatic carbocycles. The predicted molar refractivity (Wildman–Crippen MR) is 67.5 cm³/mol. The van der Waals surface area contributed by atoms with E-state index in [9.17, 15) is 9.59 Å². The van der Waals surface area contributed by atoms with E-state index >= 15 is 0 Å². The molecule has 2 amide bonds. The van der Waals surface area contributed by atoms with Gasteiger partial charge in [0.2, 0.25) is 0 Å². The molecule has 4 nitrogen and oxygen atoms in total. The van der Waals surface area contributed by atoms with Crippen LogP contribution in [0.25, 0.3) is 0 Å². The Morgan fingerprint density at radius 3 is 2.47 bits per heavy atom. The van der Waals surface area contributed by atoms with E-state index in [4.69, 9.17) is 0 Å². The van der Waals surface area contributed by atoms with Crippen molar-refractivity contribution < 1.29 is 9.59 Å². The number of carbonyl (C=O) groups excluding carboxylic acids is 2. The zero-order chi connectivity index (χ0) is 12.8. The maximum absolute atomic E-state index is 11.7. The van der Waals surface area contributed by atoms with Crippen LogP contribution in [0.2, 0.25) is 0 Å². The van der Waals surface area contributed by atoms with Gasteiger partial charge in [-0.1, -0.05) is 26.7 Å².